The van der Waals surface area contributed by atoms with Gasteiger partial charge in [0.1, 0.15) is 0 Å². The van der Waals surface area contributed by atoms with E-state index in [1.807, 2.05) is 54.6 Å². The van der Waals surface area contributed by atoms with Crippen LogP contribution in [-0.2, 0) is 11.3 Å². The Hall–Kier alpha value is -2.66. The van der Waals surface area contributed by atoms with Crippen LogP contribution in [0.2, 0.25) is 0 Å². The lowest BCUT2D eigenvalue weighted by Crippen LogP contribution is -2.47. The van der Waals surface area contributed by atoms with Gasteiger partial charge in [-0.15, -0.1) is 0 Å². The van der Waals surface area contributed by atoms with Crippen LogP contribution >= 0.6 is 0 Å². The molecule has 0 saturated carbocycles. The Balaban J connectivity index is 1.60. The van der Waals surface area contributed by atoms with Gasteiger partial charge in [-0.25, -0.2) is 0 Å². The molecule has 1 aliphatic heterocycles. The third-order valence-corrected chi connectivity index (χ3v) is 3.77. The number of anilines is 1. The molecule has 2 N–H and O–H groups in total. The van der Waals surface area contributed by atoms with E-state index in [-0.39, 0.29) is 11.8 Å². The number of carbonyl (C=O) groups is 2. The zero-order valence-electron chi connectivity index (χ0n) is 12.8. The lowest BCUT2D eigenvalue weighted by Gasteiger charge is -2.26. The van der Waals surface area contributed by atoms with Crippen LogP contribution in [0.3, 0.4) is 0 Å². The van der Waals surface area contributed by atoms with Gasteiger partial charge in [0.25, 0.3) is 5.91 Å². The highest BCUT2D eigenvalue weighted by Gasteiger charge is 2.16. The highest BCUT2D eigenvalue weighted by molar-refractivity contribution is 6.04. The predicted octanol–water partition coefficient (Wildman–Crippen LogP) is 1.87. The van der Waals surface area contributed by atoms with E-state index >= 15 is 0 Å². The Labute approximate surface area is 135 Å². The standard InChI is InChI=1S/C18H19N3O2/c22-17-13-21(11-10-19-17)12-14-6-8-15(9-7-14)18(23)20-16-4-2-1-3-5-16/h1-9H,10-13H2,(H,19,22)(H,20,23). The fourth-order valence-electron chi connectivity index (χ4n) is 2.57. The molecule has 0 unspecified atom stereocenters. The van der Waals surface area contributed by atoms with E-state index in [2.05, 4.69) is 15.5 Å². The summed E-state index contributed by atoms with van der Waals surface area (Å²) in [5.74, 6) is -0.0600. The Morgan fingerprint density at radius 1 is 1.09 bits per heavy atom. The van der Waals surface area contributed by atoms with E-state index in [1.165, 1.54) is 0 Å². The van der Waals surface area contributed by atoms with Crippen LogP contribution in [0.1, 0.15) is 15.9 Å². The summed E-state index contributed by atoms with van der Waals surface area (Å²) in [6.45, 7) is 2.68. The molecule has 3 rings (SSSR count). The summed E-state index contributed by atoms with van der Waals surface area (Å²) in [5, 5.41) is 5.67. The van der Waals surface area contributed by atoms with Gasteiger partial charge in [0.15, 0.2) is 0 Å². The summed E-state index contributed by atoms with van der Waals surface area (Å²) >= 11 is 0. The van der Waals surface area contributed by atoms with Crippen molar-refractivity contribution in [3.63, 3.8) is 0 Å². The summed E-state index contributed by atoms with van der Waals surface area (Å²) in [5.41, 5.74) is 2.49. The number of nitrogens with one attached hydrogen (secondary N) is 2. The van der Waals surface area contributed by atoms with E-state index < -0.39 is 0 Å². The lowest BCUT2D eigenvalue weighted by molar-refractivity contribution is -0.124. The molecule has 1 saturated heterocycles. The SMILES string of the molecule is O=C1CN(Cc2ccc(C(=O)Nc3ccccc3)cc2)CCN1. The second kappa shape index (κ2) is 7.07. The van der Waals surface area contributed by atoms with Gasteiger partial charge < -0.3 is 10.6 Å². The van der Waals surface area contributed by atoms with E-state index in [0.717, 1.165) is 17.8 Å². The average Bonchev–Trinajstić information content (AvgIpc) is 2.56. The van der Waals surface area contributed by atoms with Crippen LogP contribution in [0.15, 0.2) is 54.6 Å². The second-order valence-corrected chi connectivity index (χ2v) is 5.58. The molecule has 23 heavy (non-hydrogen) atoms. The number of carbonyl (C=O) groups excluding carboxylic acids is 2. The van der Waals surface area contributed by atoms with Crippen molar-refractivity contribution >= 4 is 17.5 Å². The van der Waals surface area contributed by atoms with Crippen molar-refractivity contribution in [3.05, 3.63) is 65.7 Å². The maximum absolute atomic E-state index is 12.2. The van der Waals surface area contributed by atoms with Crippen molar-refractivity contribution in [2.45, 2.75) is 6.54 Å². The first-order chi connectivity index (χ1) is 11.2. The minimum absolute atomic E-state index is 0.0649. The number of nitrogens with zero attached hydrogens (tertiary/aromatic N) is 1. The van der Waals surface area contributed by atoms with Crippen LogP contribution in [0, 0.1) is 0 Å². The smallest absolute Gasteiger partial charge is 0.255 e. The largest absolute Gasteiger partial charge is 0.354 e. The zero-order chi connectivity index (χ0) is 16.1. The van der Waals surface area contributed by atoms with Gasteiger partial charge in [-0.3, -0.25) is 14.5 Å². The molecule has 2 amide bonds. The van der Waals surface area contributed by atoms with Gasteiger partial charge in [0, 0.05) is 30.9 Å². The van der Waals surface area contributed by atoms with Crippen molar-refractivity contribution in [2.75, 3.05) is 25.0 Å². The normalized spacial score (nSPS) is 15.0. The van der Waals surface area contributed by atoms with Gasteiger partial charge in [-0.05, 0) is 29.8 Å². The minimum atomic E-state index is -0.125. The second-order valence-electron chi connectivity index (χ2n) is 5.58. The number of hydrogen-bond donors (Lipinski definition) is 2. The molecule has 0 aliphatic carbocycles. The maximum Gasteiger partial charge on any atom is 0.255 e. The fraction of sp³-hybridized carbons (Fsp3) is 0.222. The molecule has 1 aliphatic rings. The average molecular weight is 309 g/mol. The fourth-order valence-corrected chi connectivity index (χ4v) is 2.57. The molecule has 0 radical (unpaired) electrons. The van der Waals surface area contributed by atoms with Gasteiger partial charge >= 0.3 is 0 Å². The zero-order valence-corrected chi connectivity index (χ0v) is 12.8. The van der Waals surface area contributed by atoms with E-state index in [0.29, 0.717) is 25.2 Å². The number of benzene rings is 2. The number of amides is 2. The van der Waals surface area contributed by atoms with Gasteiger partial charge in [0.05, 0.1) is 6.54 Å². The summed E-state index contributed by atoms with van der Waals surface area (Å²) in [7, 11) is 0. The first-order valence-corrected chi connectivity index (χ1v) is 7.65. The molecule has 1 heterocycles. The minimum Gasteiger partial charge on any atom is -0.354 e. The van der Waals surface area contributed by atoms with Crippen LogP contribution in [-0.4, -0.2) is 36.3 Å². The van der Waals surface area contributed by atoms with Gasteiger partial charge in [-0.2, -0.15) is 0 Å². The topological polar surface area (TPSA) is 61.4 Å². The van der Waals surface area contributed by atoms with E-state index in [1.54, 1.807) is 0 Å². The van der Waals surface area contributed by atoms with Crippen molar-refractivity contribution < 1.29 is 9.59 Å². The van der Waals surface area contributed by atoms with Crippen LogP contribution in [0.5, 0.6) is 0 Å². The molecule has 5 nitrogen and oxygen atoms in total. The molecule has 2 aromatic carbocycles. The molecule has 1 fully saturated rings. The molecule has 0 bridgehead atoms. The lowest BCUT2D eigenvalue weighted by atomic mass is 10.1. The highest BCUT2D eigenvalue weighted by atomic mass is 16.2. The van der Waals surface area contributed by atoms with E-state index in [4.69, 9.17) is 0 Å². The van der Waals surface area contributed by atoms with E-state index in [9.17, 15) is 9.59 Å². The molecular weight excluding hydrogens is 290 g/mol. The maximum atomic E-state index is 12.2. The monoisotopic (exact) mass is 309 g/mol. The molecule has 118 valence electrons. The third kappa shape index (κ3) is 4.17. The molecule has 0 spiro atoms. The van der Waals surface area contributed by atoms with Crippen molar-refractivity contribution in [1.29, 1.82) is 0 Å². The van der Waals surface area contributed by atoms with Crippen molar-refractivity contribution in [3.8, 4) is 0 Å². The van der Waals surface area contributed by atoms with Gasteiger partial charge in [0.2, 0.25) is 5.91 Å². The summed E-state index contributed by atoms with van der Waals surface area (Å²) < 4.78 is 0. The summed E-state index contributed by atoms with van der Waals surface area (Å²) in [6.07, 6.45) is 0. The highest BCUT2D eigenvalue weighted by Crippen LogP contribution is 2.11. The number of para-hydroxylation sites is 1. The number of hydrogen-bond acceptors (Lipinski definition) is 3. The molecule has 0 atom stereocenters. The first-order valence-electron chi connectivity index (χ1n) is 7.65. The number of piperazine rings is 1. The van der Waals surface area contributed by atoms with Crippen LogP contribution in [0.25, 0.3) is 0 Å². The molecular formula is C18H19N3O2. The first kappa shape index (κ1) is 15.2. The quantitative estimate of drug-likeness (QED) is 0.906. The summed E-state index contributed by atoms with van der Waals surface area (Å²) in [6, 6.07) is 16.9. The Kier molecular flexibility index (Phi) is 4.68. The third-order valence-electron chi connectivity index (χ3n) is 3.77. The summed E-state index contributed by atoms with van der Waals surface area (Å²) in [4.78, 5) is 25.7. The molecule has 2 aromatic rings. The molecule has 5 heteroatoms. The van der Waals surface area contributed by atoms with Crippen LogP contribution in [0.4, 0.5) is 5.69 Å². The van der Waals surface area contributed by atoms with Gasteiger partial charge in [-0.1, -0.05) is 30.3 Å². The Morgan fingerprint density at radius 2 is 1.83 bits per heavy atom. The molecule has 0 aromatic heterocycles. The Morgan fingerprint density at radius 3 is 2.52 bits per heavy atom. The number of rotatable bonds is 4. The van der Waals surface area contributed by atoms with Crippen LogP contribution < -0.4 is 10.6 Å². The Bertz CT molecular complexity index is 683. The van der Waals surface area contributed by atoms with Crippen molar-refractivity contribution in [1.82, 2.24) is 10.2 Å². The van der Waals surface area contributed by atoms with Crippen molar-refractivity contribution in [2.24, 2.45) is 0 Å². The predicted molar refractivity (Wildman–Crippen MR) is 89.1 cm³/mol.